The van der Waals surface area contributed by atoms with Crippen LogP contribution in [0.5, 0.6) is 0 Å². The van der Waals surface area contributed by atoms with Crippen LogP contribution in [-0.2, 0) is 13.0 Å². The van der Waals surface area contributed by atoms with Gasteiger partial charge in [0.1, 0.15) is 5.82 Å². The fraction of sp³-hybridized carbons (Fsp3) is 0.312. The van der Waals surface area contributed by atoms with Gasteiger partial charge in [0.2, 0.25) is 0 Å². The van der Waals surface area contributed by atoms with Crippen LogP contribution < -0.4 is 0 Å². The van der Waals surface area contributed by atoms with E-state index in [1.807, 2.05) is 6.07 Å². The fourth-order valence-electron chi connectivity index (χ4n) is 2.21. The van der Waals surface area contributed by atoms with Crippen LogP contribution in [0.2, 0.25) is 0 Å². The molecule has 2 nitrogen and oxygen atoms in total. The van der Waals surface area contributed by atoms with Crippen molar-refractivity contribution in [2.75, 3.05) is 0 Å². The van der Waals surface area contributed by atoms with Crippen molar-refractivity contribution in [1.29, 1.82) is 0 Å². The highest BCUT2D eigenvalue weighted by Crippen LogP contribution is 2.18. The third-order valence-electron chi connectivity index (χ3n) is 3.14. The van der Waals surface area contributed by atoms with Gasteiger partial charge in [-0.05, 0) is 31.6 Å². The average Bonchev–Trinajstić information content (AvgIpc) is 2.76. The molecule has 2 rings (SSSR count). The zero-order chi connectivity index (χ0) is 13.0. The van der Waals surface area contributed by atoms with Crippen molar-refractivity contribution in [3.05, 3.63) is 53.9 Å². The maximum absolute atomic E-state index is 4.69. The number of aryl methyl sites for hydroxylation is 1. The largest absolute Gasteiger partial charge is 0.324 e. The van der Waals surface area contributed by atoms with Crippen LogP contribution in [0.1, 0.15) is 26.6 Å². The highest BCUT2D eigenvalue weighted by atomic mass is 15.1. The number of imidazole rings is 1. The van der Waals surface area contributed by atoms with Gasteiger partial charge in [-0.15, -0.1) is 0 Å². The molecule has 1 aromatic carbocycles. The molecule has 0 aliphatic carbocycles. The van der Waals surface area contributed by atoms with Gasteiger partial charge in [0.25, 0.3) is 0 Å². The fourth-order valence-corrected chi connectivity index (χ4v) is 2.21. The molecule has 0 radical (unpaired) electrons. The summed E-state index contributed by atoms with van der Waals surface area (Å²) in [4.78, 5) is 4.69. The van der Waals surface area contributed by atoms with Crippen molar-refractivity contribution < 1.29 is 0 Å². The molecule has 1 aromatic heterocycles. The summed E-state index contributed by atoms with van der Waals surface area (Å²) < 4.78 is 2.31. The van der Waals surface area contributed by atoms with E-state index in [2.05, 4.69) is 61.8 Å². The van der Waals surface area contributed by atoms with Crippen molar-refractivity contribution in [2.45, 2.75) is 33.7 Å². The molecule has 0 unspecified atom stereocenters. The highest BCUT2D eigenvalue weighted by molar-refractivity contribution is 5.76. The minimum Gasteiger partial charge on any atom is -0.324 e. The molecule has 1 heterocycles. The maximum atomic E-state index is 4.69. The van der Waals surface area contributed by atoms with Crippen LogP contribution in [0, 0.1) is 0 Å². The average molecular weight is 240 g/mol. The van der Waals surface area contributed by atoms with Crippen LogP contribution in [0.15, 0.2) is 48.1 Å². The molecule has 2 heteroatoms. The normalized spacial score (nSPS) is 12.7. The van der Waals surface area contributed by atoms with E-state index >= 15 is 0 Å². The molecule has 94 valence electrons. The Balaban J connectivity index is 2.48. The van der Waals surface area contributed by atoms with E-state index in [0.717, 1.165) is 24.3 Å². The number of allylic oxidation sites excluding steroid dienone is 4. The molecule has 0 saturated carbocycles. The molecular weight excluding hydrogens is 220 g/mol. The van der Waals surface area contributed by atoms with E-state index in [1.165, 1.54) is 11.1 Å². The van der Waals surface area contributed by atoms with Crippen LogP contribution >= 0.6 is 0 Å². The van der Waals surface area contributed by atoms with E-state index in [0.29, 0.717) is 0 Å². The summed E-state index contributed by atoms with van der Waals surface area (Å²) >= 11 is 0. The molecular formula is C16H20N2. The summed E-state index contributed by atoms with van der Waals surface area (Å²) in [5.41, 5.74) is 3.62. The second kappa shape index (κ2) is 5.67. The molecule has 0 fully saturated rings. The lowest BCUT2D eigenvalue weighted by Crippen LogP contribution is -2.04. The third kappa shape index (κ3) is 2.37. The topological polar surface area (TPSA) is 17.8 Å². The van der Waals surface area contributed by atoms with Crippen molar-refractivity contribution >= 4 is 11.0 Å². The number of benzene rings is 1. The Kier molecular flexibility index (Phi) is 3.98. The summed E-state index contributed by atoms with van der Waals surface area (Å²) in [6.07, 6.45) is 7.37. The Morgan fingerprint density at radius 3 is 2.72 bits per heavy atom. The van der Waals surface area contributed by atoms with E-state index in [1.54, 1.807) is 0 Å². The lowest BCUT2D eigenvalue weighted by Gasteiger charge is -2.08. The number of hydrogen-bond acceptors (Lipinski definition) is 1. The number of hydrogen-bond donors (Lipinski definition) is 0. The Morgan fingerprint density at radius 2 is 2.06 bits per heavy atom. The monoisotopic (exact) mass is 240 g/mol. The van der Waals surface area contributed by atoms with Crippen LogP contribution in [-0.4, -0.2) is 9.55 Å². The summed E-state index contributed by atoms with van der Waals surface area (Å²) in [5, 5.41) is 0. The molecule has 0 atom stereocenters. The highest BCUT2D eigenvalue weighted by Gasteiger charge is 2.08. The molecule has 0 amide bonds. The Hall–Kier alpha value is -1.83. The van der Waals surface area contributed by atoms with Crippen molar-refractivity contribution in [1.82, 2.24) is 9.55 Å². The molecule has 0 aliphatic rings. The lowest BCUT2D eigenvalue weighted by atomic mass is 10.2. The summed E-state index contributed by atoms with van der Waals surface area (Å²) in [6, 6.07) is 8.34. The van der Waals surface area contributed by atoms with Gasteiger partial charge >= 0.3 is 0 Å². The number of nitrogens with zero attached hydrogens (tertiary/aromatic N) is 2. The minimum absolute atomic E-state index is 0.893. The Morgan fingerprint density at radius 1 is 1.28 bits per heavy atom. The second-order valence-electron chi connectivity index (χ2n) is 4.32. The molecule has 18 heavy (non-hydrogen) atoms. The van der Waals surface area contributed by atoms with Gasteiger partial charge in [-0.1, -0.05) is 37.3 Å². The first-order valence-corrected chi connectivity index (χ1v) is 6.52. The molecule has 0 saturated heterocycles. The third-order valence-corrected chi connectivity index (χ3v) is 3.14. The Bertz CT molecular complexity index is 588. The van der Waals surface area contributed by atoms with Crippen LogP contribution in [0.3, 0.4) is 0 Å². The van der Waals surface area contributed by atoms with Crippen LogP contribution in [0.4, 0.5) is 0 Å². The van der Waals surface area contributed by atoms with E-state index < -0.39 is 0 Å². The van der Waals surface area contributed by atoms with Crippen molar-refractivity contribution in [2.24, 2.45) is 0 Å². The van der Waals surface area contributed by atoms with Gasteiger partial charge in [-0.2, -0.15) is 0 Å². The number of fused-ring (bicyclic) bond motifs is 1. The lowest BCUT2D eigenvalue weighted by molar-refractivity contribution is 0.751. The first-order valence-electron chi connectivity index (χ1n) is 6.52. The van der Waals surface area contributed by atoms with E-state index in [4.69, 9.17) is 4.98 Å². The van der Waals surface area contributed by atoms with E-state index in [-0.39, 0.29) is 0 Å². The predicted octanol–water partition coefficient (Wildman–Crippen LogP) is 4.12. The number of para-hydroxylation sites is 2. The quantitative estimate of drug-likeness (QED) is 0.735. The van der Waals surface area contributed by atoms with E-state index in [9.17, 15) is 0 Å². The van der Waals surface area contributed by atoms with Gasteiger partial charge in [-0.3, -0.25) is 0 Å². The van der Waals surface area contributed by atoms with Gasteiger partial charge < -0.3 is 4.57 Å². The van der Waals surface area contributed by atoms with Crippen LogP contribution in [0.25, 0.3) is 11.0 Å². The summed E-state index contributed by atoms with van der Waals surface area (Å²) in [7, 11) is 0. The first-order chi connectivity index (χ1) is 8.80. The molecule has 2 aromatic rings. The number of rotatable bonds is 4. The molecule has 0 aliphatic heterocycles. The van der Waals surface area contributed by atoms with Gasteiger partial charge in [0.15, 0.2) is 0 Å². The van der Waals surface area contributed by atoms with Crippen molar-refractivity contribution in [3.8, 4) is 0 Å². The second-order valence-corrected chi connectivity index (χ2v) is 4.32. The smallest absolute Gasteiger partial charge is 0.109 e. The first kappa shape index (κ1) is 12.6. The Labute approximate surface area is 109 Å². The summed E-state index contributed by atoms with van der Waals surface area (Å²) in [5.74, 6) is 1.15. The molecule has 0 N–H and O–H groups in total. The van der Waals surface area contributed by atoms with Gasteiger partial charge in [-0.25, -0.2) is 4.98 Å². The predicted molar refractivity (Wildman–Crippen MR) is 77.7 cm³/mol. The zero-order valence-corrected chi connectivity index (χ0v) is 11.4. The number of aromatic nitrogens is 2. The SMILES string of the molecule is C/C=C\C(=C/C)Cn1c(CC)nc2ccccc21. The summed E-state index contributed by atoms with van der Waals surface area (Å²) in [6.45, 7) is 7.18. The molecule has 0 spiro atoms. The maximum Gasteiger partial charge on any atom is 0.109 e. The minimum atomic E-state index is 0.893. The standard InChI is InChI=1S/C16H20N2/c1-4-9-13(5-2)12-18-15-11-8-7-10-14(15)17-16(18)6-3/h4-5,7-11H,6,12H2,1-3H3/b9-4-,13-5+. The molecule has 0 bridgehead atoms. The van der Waals surface area contributed by atoms with Crippen molar-refractivity contribution in [3.63, 3.8) is 0 Å². The zero-order valence-electron chi connectivity index (χ0n) is 11.4. The van der Waals surface area contributed by atoms with Gasteiger partial charge in [0, 0.05) is 13.0 Å². The van der Waals surface area contributed by atoms with Gasteiger partial charge in [0.05, 0.1) is 11.0 Å².